The van der Waals surface area contributed by atoms with E-state index in [1.807, 2.05) is 0 Å². The number of rotatable bonds is 5. The van der Waals surface area contributed by atoms with Crippen LogP contribution >= 0.6 is 11.6 Å². The molecule has 0 saturated heterocycles. The van der Waals surface area contributed by atoms with Crippen molar-refractivity contribution in [3.05, 3.63) is 0 Å². The maximum atomic E-state index is 5.75. The first-order chi connectivity index (χ1) is 6.14. The van der Waals surface area contributed by atoms with Crippen LogP contribution < -0.4 is 5.32 Å². The van der Waals surface area contributed by atoms with Crippen molar-refractivity contribution in [2.45, 2.75) is 52.0 Å². The van der Waals surface area contributed by atoms with Gasteiger partial charge in [0, 0.05) is 18.5 Å². The van der Waals surface area contributed by atoms with Gasteiger partial charge < -0.3 is 5.32 Å². The molecule has 78 valence electrons. The van der Waals surface area contributed by atoms with Crippen molar-refractivity contribution >= 4 is 11.6 Å². The monoisotopic (exact) mass is 203 g/mol. The van der Waals surface area contributed by atoms with Crippen molar-refractivity contribution in [1.29, 1.82) is 0 Å². The van der Waals surface area contributed by atoms with Crippen LogP contribution in [0.25, 0.3) is 0 Å². The zero-order valence-corrected chi connectivity index (χ0v) is 9.66. The molecule has 1 aliphatic carbocycles. The minimum atomic E-state index is 0.365. The smallest absolute Gasteiger partial charge is 0.0229 e. The molecule has 0 unspecified atom stereocenters. The zero-order chi connectivity index (χ0) is 9.73. The van der Waals surface area contributed by atoms with E-state index in [0.717, 1.165) is 24.9 Å². The second kappa shape index (κ2) is 5.21. The molecule has 1 nitrogen and oxygen atoms in total. The third-order valence-electron chi connectivity index (χ3n) is 3.00. The van der Waals surface area contributed by atoms with Crippen LogP contribution in [0.15, 0.2) is 0 Å². The summed E-state index contributed by atoms with van der Waals surface area (Å²) in [5, 5.41) is 3.65. The summed E-state index contributed by atoms with van der Waals surface area (Å²) < 4.78 is 0. The Bertz CT molecular complexity index is 139. The molecule has 1 rings (SSSR count). The fourth-order valence-electron chi connectivity index (χ4n) is 1.89. The van der Waals surface area contributed by atoms with E-state index in [1.54, 1.807) is 0 Å². The highest BCUT2D eigenvalue weighted by Gasteiger charge is 2.20. The zero-order valence-electron chi connectivity index (χ0n) is 8.91. The maximum absolute atomic E-state index is 5.75. The van der Waals surface area contributed by atoms with Crippen molar-refractivity contribution < 1.29 is 0 Å². The second-order valence-corrected chi connectivity index (χ2v) is 5.34. The second-order valence-electron chi connectivity index (χ2n) is 4.97. The molecule has 0 amide bonds. The first kappa shape index (κ1) is 11.3. The molecule has 1 N–H and O–H groups in total. The van der Waals surface area contributed by atoms with Crippen LogP contribution in [0.4, 0.5) is 0 Å². The van der Waals surface area contributed by atoms with E-state index in [2.05, 4.69) is 19.2 Å². The molecule has 1 fully saturated rings. The Morgan fingerprint density at radius 1 is 1.31 bits per heavy atom. The van der Waals surface area contributed by atoms with Crippen molar-refractivity contribution in [3.63, 3.8) is 0 Å². The van der Waals surface area contributed by atoms with Crippen molar-refractivity contribution in [2.75, 3.05) is 12.4 Å². The molecular formula is C11H22ClN. The van der Waals surface area contributed by atoms with Gasteiger partial charge in [0.2, 0.25) is 0 Å². The topological polar surface area (TPSA) is 12.0 Å². The highest BCUT2D eigenvalue weighted by Crippen LogP contribution is 2.22. The molecular weight excluding hydrogens is 182 g/mol. The summed E-state index contributed by atoms with van der Waals surface area (Å²) >= 11 is 5.75. The highest BCUT2D eigenvalue weighted by atomic mass is 35.5. The average Bonchev–Trinajstić information content (AvgIpc) is 2.52. The molecule has 0 atom stereocenters. The average molecular weight is 204 g/mol. The summed E-state index contributed by atoms with van der Waals surface area (Å²) in [5.74, 6) is 0.777. The van der Waals surface area contributed by atoms with Gasteiger partial charge in [-0.05, 0) is 24.7 Å². The summed E-state index contributed by atoms with van der Waals surface area (Å²) in [6, 6.07) is 0.787. The van der Waals surface area contributed by atoms with Gasteiger partial charge in [0.1, 0.15) is 0 Å². The molecule has 0 heterocycles. The Morgan fingerprint density at radius 2 is 1.92 bits per heavy atom. The van der Waals surface area contributed by atoms with E-state index >= 15 is 0 Å². The van der Waals surface area contributed by atoms with Crippen molar-refractivity contribution in [3.8, 4) is 0 Å². The fraction of sp³-hybridized carbons (Fsp3) is 1.00. The van der Waals surface area contributed by atoms with Crippen LogP contribution in [0.1, 0.15) is 46.0 Å². The van der Waals surface area contributed by atoms with Crippen LogP contribution in [-0.4, -0.2) is 18.5 Å². The summed E-state index contributed by atoms with van der Waals surface area (Å²) in [5.41, 5.74) is 0.365. The van der Waals surface area contributed by atoms with Gasteiger partial charge in [-0.2, -0.15) is 0 Å². The Kier molecular flexibility index (Phi) is 4.54. The standard InChI is InChI=1S/C11H22ClN/c1-11(2,7-8-12)9-13-10-5-3-4-6-10/h10,13H,3-9H2,1-2H3. The number of hydrogen-bond acceptors (Lipinski definition) is 1. The summed E-state index contributed by atoms with van der Waals surface area (Å²) in [7, 11) is 0. The van der Waals surface area contributed by atoms with Crippen LogP contribution in [0.3, 0.4) is 0 Å². The quantitative estimate of drug-likeness (QED) is 0.677. The lowest BCUT2D eigenvalue weighted by Crippen LogP contribution is -2.35. The predicted molar refractivity (Wildman–Crippen MR) is 59.4 cm³/mol. The van der Waals surface area contributed by atoms with Gasteiger partial charge in [-0.15, -0.1) is 11.6 Å². The highest BCUT2D eigenvalue weighted by molar-refractivity contribution is 6.17. The lowest BCUT2D eigenvalue weighted by molar-refractivity contribution is 0.310. The Morgan fingerprint density at radius 3 is 2.46 bits per heavy atom. The molecule has 0 aromatic heterocycles. The van der Waals surface area contributed by atoms with Crippen molar-refractivity contribution in [2.24, 2.45) is 5.41 Å². The van der Waals surface area contributed by atoms with E-state index < -0.39 is 0 Å². The normalized spacial score (nSPS) is 19.6. The summed E-state index contributed by atoms with van der Waals surface area (Å²) in [6.07, 6.45) is 6.67. The number of nitrogens with one attached hydrogen (secondary N) is 1. The van der Waals surface area contributed by atoms with Crippen molar-refractivity contribution in [1.82, 2.24) is 5.32 Å². The number of hydrogen-bond donors (Lipinski definition) is 1. The van der Waals surface area contributed by atoms with E-state index in [4.69, 9.17) is 11.6 Å². The molecule has 0 aromatic carbocycles. The molecule has 1 saturated carbocycles. The lowest BCUT2D eigenvalue weighted by atomic mass is 9.90. The number of alkyl halides is 1. The van der Waals surface area contributed by atoms with Gasteiger partial charge in [0.15, 0.2) is 0 Å². The van der Waals surface area contributed by atoms with Gasteiger partial charge in [0.25, 0.3) is 0 Å². The first-order valence-electron chi connectivity index (χ1n) is 5.43. The van der Waals surface area contributed by atoms with Gasteiger partial charge >= 0.3 is 0 Å². The molecule has 0 bridgehead atoms. The first-order valence-corrected chi connectivity index (χ1v) is 5.97. The summed E-state index contributed by atoms with van der Waals surface area (Å²) in [4.78, 5) is 0. The SMILES string of the molecule is CC(C)(CCCl)CNC1CCCC1. The molecule has 0 spiro atoms. The third-order valence-corrected chi connectivity index (χ3v) is 3.18. The fourth-order valence-corrected chi connectivity index (χ4v) is 2.41. The van der Waals surface area contributed by atoms with Crippen LogP contribution in [-0.2, 0) is 0 Å². The van der Waals surface area contributed by atoms with Crippen LogP contribution in [0.2, 0.25) is 0 Å². The van der Waals surface area contributed by atoms with Gasteiger partial charge in [-0.25, -0.2) is 0 Å². The van der Waals surface area contributed by atoms with Gasteiger partial charge in [0.05, 0.1) is 0 Å². The predicted octanol–water partition coefficient (Wildman–Crippen LogP) is 3.17. The Labute approximate surface area is 87.2 Å². The Hall–Kier alpha value is 0.250. The molecule has 1 aliphatic rings. The van der Waals surface area contributed by atoms with E-state index in [0.29, 0.717) is 5.41 Å². The lowest BCUT2D eigenvalue weighted by Gasteiger charge is -2.26. The maximum Gasteiger partial charge on any atom is 0.0229 e. The molecule has 13 heavy (non-hydrogen) atoms. The van der Waals surface area contributed by atoms with Gasteiger partial charge in [-0.3, -0.25) is 0 Å². The van der Waals surface area contributed by atoms with E-state index in [9.17, 15) is 0 Å². The van der Waals surface area contributed by atoms with E-state index in [-0.39, 0.29) is 0 Å². The molecule has 0 radical (unpaired) electrons. The largest absolute Gasteiger partial charge is 0.313 e. The van der Waals surface area contributed by atoms with Crippen LogP contribution in [0, 0.1) is 5.41 Å². The summed E-state index contributed by atoms with van der Waals surface area (Å²) in [6.45, 7) is 5.69. The molecule has 0 aromatic rings. The van der Waals surface area contributed by atoms with Gasteiger partial charge in [-0.1, -0.05) is 26.7 Å². The number of halogens is 1. The Balaban J connectivity index is 2.15. The minimum absolute atomic E-state index is 0.365. The molecule has 0 aliphatic heterocycles. The molecule has 2 heteroatoms. The third kappa shape index (κ3) is 4.33. The minimum Gasteiger partial charge on any atom is -0.313 e. The van der Waals surface area contributed by atoms with Crippen LogP contribution in [0.5, 0.6) is 0 Å². The van der Waals surface area contributed by atoms with E-state index in [1.165, 1.54) is 25.7 Å².